The molecule has 2 saturated heterocycles. The Hall–Kier alpha value is -0.690. The van der Waals surface area contributed by atoms with Crippen LogP contribution in [-0.2, 0) is 9.53 Å². The Balaban J connectivity index is 1.20. The normalized spacial score (nSPS) is 43.5. The molecule has 9 atom stereocenters. The first kappa shape index (κ1) is 27.9. The van der Waals surface area contributed by atoms with Crippen LogP contribution in [0.1, 0.15) is 91.4 Å². The monoisotopic (exact) mass is 517 g/mol. The highest BCUT2D eigenvalue weighted by Gasteiger charge is 2.62. The van der Waals surface area contributed by atoms with Crippen LogP contribution in [0.25, 0.3) is 0 Å². The molecule has 37 heavy (non-hydrogen) atoms. The van der Waals surface area contributed by atoms with Crippen molar-refractivity contribution in [2.75, 3.05) is 46.4 Å². The minimum atomic E-state index is -0.184. The van der Waals surface area contributed by atoms with E-state index in [2.05, 4.69) is 36.1 Å². The molecule has 2 aliphatic heterocycles. The van der Waals surface area contributed by atoms with Crippen molar-refractivity contribution in [3.63, 3.8) is 0 Å². The van der Waals surface area contributed by atoms with Gasteiger partial charge < -0.3 is 14.7 Å². The number of hydrogen-bond donors (Lipinski definition) is 2. The lowest BCUT2D eigenvalue weighted by Crippen LogP contribution is -2.63. The van der Waals surface area contributed by atoms with Crippen LogP contribution in [0.3, 0.4) is 0 Å². The first-order valence-electron chi connectivity index (χ1n) is 15.7. The van der Waals surface area contributed by atoms with E-state index in [0.717, 1.165) is 50.9 Å². The number of esters is 1. The molecule has 2 N–H and O–H groups in total. The number of likely N-dealkylation sites (tertiary alicyclic amines) is 1. The van der Waals surface area contributed by atoms with Gasteiger partial charge in [-0.2, -0.15) is 0 Å². The van der Waals surface area contributed by atoms with Gasteiger partial charge in [-0.3, -0.25) is 10.2 Å². The average molecular weight is 518 g/mol. The van der Waals surface area contributed by atoms with E-state index in [1.807, 2.05) is 0 Å². The molecule has 5 fully saturated rings. The van der Waals surface area contributed by atoms with Gasteiger partial charge in [0.05, 0.1) is 13.2 Å². The van der Waals surface area contributed by atoms with E-state index in [-0.39, 0.29) is 17.5 Å². The Morgan fingerprint density at radius 1 is 1.03 bits per heavy atom. The highest BCUT2D eigenvalue weighted by molar-refractivity contribution is 5.69. The van der Waals surface area contributed by atoms with Crippen molar-refractivity contribution in [1.29, 1.82) is 0 Å². The van der Waals surface area contributed by atoms with Crippen molar-refractivity contribution < 1.29 is 14.6 Å². The van der Waals surface area contributed by atoms with Gasteiger partial charge in [-0.15, -0.1) is 0 Å². The third-order valence-corrected chi connectivity index (χ3v) is 12.5. The number of nitrogens with one attached hydrogen (secondary N) is 1. The lowest BCUT2D eigenvalue weighted by molar-refractivity contribution is -0.173. The van der Waals surface area contributed by atoms with E-state index < -0.39 is 0 Å². The molecule has 0 bridgehead atoms. The summed E-state index contributed by atoms with van der Waals surface area (Å²) in [6.45, 7) is 14.3. The topological polar surface area (TPSA) is 65.0 Å². The van der Waals surface area contributed by atoms with Gasteiger partial charge in [0.15, 0.2) is 0 Å². The second-order valence-electron chi connectivity index (χ2n) is 14.1. The number of nitrogens with zero attached hydrogens (tertiary/aromatic N) is 2. The van der Waals surface area contributed by atoms with E-state index in [1.54, 1.807) is 0 Å². The van der Waals surface area contributed by atoms with Crippen molar-refractivity contribution in [2.24, 2.45) is 46.3 Å². The molecule has 2 heterocycles. The van der Waals surface area contributed by atoms with Crippen molar-refractivity contribution in [1.82, 2.24) is 15.3 Å². The zero-order chi connectivity index (χ0) is 26.2. The summed E-state index contributed by atoms with van der Waals surface area (Å²) in [4.78, 5) is 14.4. The highest BCUT2D eigenvalue weighted by atomic mass is 16.5. The Bertz CT molecular complexity index is 788. The van der Waals surface area contributed by atoms with Gasteiger partial charge in [-0.25, -0.2) is 5.01 Å². The first-order chi connectivity index (χ1) is 17.8. The Labute approximate surface area is 226 Å². The molecular formula is C31H55N3O3. The molecule has 3 aliphatic carbocycles. The number of hydrogen-bond acceptors (Lipinski definition) is 6. The van der Waals surface area contributed by atoms with Gasteiger partial charge in [0.1, 0.15) is 0 Å². The van der Waals surface area contributed by atoms with Crippen molar-refractivity contribution in [2.45, 2.75) is 97.5 Å². The molecule has 6 heteroatoms. The fourth-order valence-corrected chi connectivity index (χ4v) is 10.3. The maximum atomic E-state index is 11.8. The largest absolute Gasteiger partial charge is 0.469 e. The third-order valence-electron chi connectivity index (χ3n) is 12.5. The number of fused-ring (bicyclic) bond motifs is 5. The zero-order valence-electron chi connectivity index (χ0n) is 24.2. The molecule has 212 valence electrons. The van der Waals surface area contributed by atoms with Gasteiger partial charge in [-0.1, -0.05) is 27.2 Å². The predicted octanol–water partition coefficient (Wildman–Crippen LogP) is 4.72. The summed E-state index contributed by atoms with van der Waals surface area (Å²) in [5, 5.41) is 14.0. The standard InChI is InChI=1S/C31H55N3O3/c1-22(8-11-29(36)37-4)24-9-10-25-23-20-28(35)27-21-34(32-15-19-33-16-6-5-7-17-33)18-14-31(27,3)26(23)12-13-30(24,25)2/h22-28,32,35H,5-21H2,1-4H3/t22-,23?,24-,25?,26?,27+,28+,30-,31-/m1/s1. The number of rotatable bonds is 8. The summed E-state index contributed by atoms with van der Waals surface area (Å²) in [6.07, 6.45) is 12.8. The Morgan fingerprint density at radius 3 is 2.54 bits per heavy atom. The molecular weight excluding hydrogens is 462 g/mol. The maximum absolute atomic E-state index is 11.8. The minimum absolute atomic E-state index is 0.0723. The van der Waals surface area contributed by atoms with E-state index in [9.17, 15) is 9.90 Å². The molecule has 0 amide bonds. The van der Waals surface area contributed by atoms with Gasteiger partial charge in [0.2, 0.25) is 0 Å². The van der Waals surface area contributed by atoms with E-state index >= 15 is 0 Å². The SMILES string of the molecule is COC(=O)CC[C@@H](C)[C@H]1CCC2C3C[C@H](O)[C@@H]4CN(NCCN5CCCCC5)CC[C@]4(C)C3CC[C@@]21C. The summed E-state index contributed by atoms with van der Waals surface area (Å²) in [5.41, 5.74) is 4.36. The molecule has 0 radical (unpaired) electrons. The number of hydrazine groups is 1. The van der Waals surface area contributed by atoms with Crippen LogP contribution in [0, 0.1) is 46.3 Å². The number of ether oxygens (including phenoxy) is 1. The average Bonchev–Trinajstić information content (AvgIpc) is 3.26. The van der Waals surface area contributed by atoms with Crippen LogP contribution in [0.4, 0.5) is 0 Å². The number of carbonyl (C=O) groups is 1. The smallest absolute Gasteiger partial charge is 0.305 e. The minimum Gasteiger partial charge on any atom is -0.469 e. The molecule has 5 aliphatic rings. The zero-order valence-corrected chi connectivity index (χ0v) is 24.2. The first-order valence-corrected chi connectivity index (χ1v) is 15.7. The molecule has 3 saturated carbocycles. The summed E-state index contributed by atoms with van der Waals surface area (Å²) in [7, 11) is 1.50. The van der Waals surface area contributed by atoms with Crippen LogP contribution >= 0.6 is 0 Å². The number of piperidine rings is 2. The Morgan fingerprint density at radius 2 is 1.78 bits per heavy atom. The van der Waals surface area contributed by atoms with E-state index in [4.69, 9.17) is 4.74 Å². The number of aliphatic hydroxyl groups is 1. The molecule has 0 spiro atoms. The number of methoxy groups -OCH3 is 1. The molecule has 0 aromatic heterocycles. The number of aliphatic hydroxyl groups excluding tert-OH is 1. The lowest BCUT2D eigenvalue weighted by atomic mass is 9.45. The van der Waals surface area contributed by atoms with Crippen molar-refractivity contribution in [3.8, 4) is 0 Å². The predicted molar refractivity (Wildman–Crippen MR) is 148 cm³/mol. The fraction of sp³-hybridized carbons (Fsp3) is 0.968. The second-order valence-corrected chi connectivity index (χ2v) is 14.1. The van der Waals surface area contributed by atoms with Gasteiger partial charge >= 0.3 is 5.97 Å². The quantitative estimate of drug-likeness (QED) is 0.455. The fourth-order valence-electron chi connectivity index (χ4n) is 10.3. The number of carbonyl (C=O) groups excluding carboxylic acids is 1. The Kier molecular flexibility index (Phi) is 8.61. The van der Waals surface area contributed by atoms with Crippen LogP contribution in [0.5, 0.6) is 0 Å². The van der Waals surface area contributed by atoms with Crippen LogP contribution < -0.4 is 5.43 Å². The molecule has 5 rings (SSSR count). The van der Waals surface area contributed by atoms with Crippen LogP contribution in [-0.4, -0.2) is 73.5 Å². The lowest BCUT2D eigenvalue weighted by Gasteiger charge is -2.62. The van der Waals surface area contributed by atoms with Crippen LogP contribution in [0.2, 0.25) is 0 Å². The molecule has 3 unspecified atom stereocenters. The summed E-state index contributed by atoms with van der Waals surface area (Å²) >= 11 is 0. The van der Waals surface area contributed by atoms with Crippen LogP contribution in [0.15, 0.2) is 0 Å². The van der Waals surface area contributed by atoms with Gasteiger partial charge in [-0.05, 0) is 111 Å². The van der Waals surface area contributed by atoms with Gasteiger partial charge in [0, 0.05) is 38.5 Å². The summed E-state index contributed by atoms with van der Waals surface area (Å²) in [6, 6.07) is 0. The molecule has 0 aromatic carbocycles. The van der Waals surface area contributed by atoms with Gasteiger partial charge in [0.25, 0.3) is 0 Å². The van der Waals surface area contributed by atoms with Crippen molar-refractivity contribution in [3.05, 3.63) is 0 Å². The van der Waals surface area contributed by atoms with E-state index in [1.165, 1.54) is 71.6 Å². The highest BCUT2D eigenvalue weighted by Crippen LogP contribution is 2.67. The summed E-state index contributed by atoms with van der Waals surface area (Å²) in [5.74, 6) is 3.69. The molecule has 6 nitrogen and oxygen atoms in total. The van der Waals surface area contributed by atoms with Crippen molar-refractivity contribution >= 4 is 5.97 Å². The summed E-state index contributed by atoms with van der Waals surface area (Å²) < 4.78 is 4.92. The third kappa shape index (κ3) is 5.38. The second kappa shape index (κ2) is 11.4. The maximum Gasteiger partial charge on any atom is 0.305 e. The molecule has 0 aromatic rings. The van der Waals surface area contributed by atoms with E-state index in [0.29, 0.717) is 35.5 Å².